The number of ether oxygens (including phenoxy) is 1. The van der Waals surface area contributed by atoms with Gasteiger partial charge in [0.1, 0.15) is 0 Å². The molecular weight excluding hydrogens is 216 g/mol. The summed E-state index contributed by atoms with van der Waals surface area (Å²) in [6.45, 7) is 1.32. The minimum Gasteiger partial charge on any atom is -0.375 e. The number of nitrogens with zero attached hydrogens (tertiary/aromatic N) is 3. The third-order valence-electron chi connectivity index (χ3n) is 4.12. The Morgan fingerprint density at radius 1 is 1.47 bits per heavy atom. The molecule has 1 aromatic rings. The highest BCUT2D eigenvalue weighted by Crippen LogP contribution is 2.43. The quantitative estimate of drug-likeness (QED) is 0.843. The van der Waals surface area contributed by atoms with Crippen molar-refractivity contribution >= 4 is 0 Å². The van der Waals surface area contributed by atoms with Crippen LogP contribution in [0.3, 0.4) is 0 Å². The van der Waals surface area contributed by atoms with Crippen molar-refractivity contribution in [3.05, 3.63) is 11.9 Å². The lowest BCUT2D eigenvalue weighted by Gasteiger charge is -2.38. The zero-order chi connectivity index (χ0) is 11.7. The van der Waals surface area contributed by atoms with Crippen molar-refractivity contribution in [2.75, 3.05) is 6.61 Å². The summed E-state index contributed by atoms with van der Waals surface area (Å²) in [5.41, 5.74) is 6.58. The number of hydrogen-bond donors (Lipinski definition) is 1. The van der Waals surface area contributed by atoms with Crippen LogP contribution in [0.2, 0.25) is 0 Å². The lowest BCUT2D eigenvalue weighted by molar-refractivity contribution is -0.0911. The average Bonchev–Trinajstić information content (AvgIpc) is 2.99. The van der Waals surface area contributed by atoms with E-state index in [1.807, 2.05) is 10.9 Å². The van der Waals surface area contributed by atoms with Crippen LogP contribution in [-0.2, 0) is 11.3 Å². The van der Waals surface area contributed by atoms with Crippen molar-refractivity contribution in [2.24, 2.45) is 5.73 Å². The second kappa shape index (κ2) is 4.38. The predicted molar refractivity (Wildman–Crippen MR) is 63.3 cm³/mol. The Kier molecular flexibility index (Phi) is 2.88. The van der Waals surface area contributed by atoms with Crippen molar-refractivity contribution in [3.8, 4) is 0 Å². The molecule has 1 aliphatic heterocycles. The molecule has 1 unspecified atom stereocenters. The Balaban J connectivity index is 1.74. The normalized spacial score (nSPS) is 27.7. The van der Waals surface area contributed by atoms with Crippen LogP contribution in [0.4, 0.5) is 0 Å². The first-order valence-corrected chi connectivity index (χ1v) is 6.56. The molecule has 17 heavy (non-hydrogen) atoms. The van der Waals surface area contributed by atoms with Gasteiger partial charge in [-0.05, 0) is 25.7 Å². The Labute approximate surface area is 101 Å². The summed E-state index contributed by atoms with van der Waals surface area (Å²) in [5.74, 6) is 0. The van der Waals surface area contributed by atoms with E-state index < -0.39 is 0 Å². The first kappa shape index (κ1) is 11.2. The van der Waals surface area contributed by atoms with Gasteiger partial charge in [-0.1, -0.05) is 18.1 Å². The van der Waals surface area contributed by atoms with Crippen LogP contribution in [-0.4, -0.2) is 27.2 Å². The second-order valence-electron chi connectivity index (χ2n) is 5.28. The van der Waals surface area contributed by atoms with Gasteiger partial charge in [0, 0.05) is 13.2 Å². The van der Waals surface area contributed by atoms with Crippen LogP contribution >= 0.6 is 0 Å². The predicted octanol–water partition coefficient (Wildman–Crippen LogP) is 1.40. The molecule has 0 aromatic carbocycles. The summed E-state index contributed by atoms with van der Waals surface area (Å²) in [7, 11) is 0. The van der Waals surface area contributed by atoms with Crippen LogP contribution in [0.15, 0.2) is 6.20 Å². The van der Waals surface area contributed by atoms with Gasteiger partial charge in [0.15, 0.2) is 0 Å². The molecule has 3 rings (SSSR count). The van der Waals surface area contributed by atoms with Crippen molar-refractivity contribution in [3.63, 3.8) is 0 Å². The molecule has 0 radical (unpaired) electrons. The number of aromatic nitrogens is 3. The molecule has 5 nitrogen and oxygen atoms in total. The maximum absolute atomic E-state index is 6.03. The summed E-state index contributed by atoms with van der Waals surface area (Å²) in [5, 5.41) is 8.27. The molecule has 2 aliphatic rings. The van der Waals surface area contributed by atoms with E-state index in [1.165, 1.54) is 25.7 Å². The number of nitrogens with two attached hydrogens (primary N) is 1. The van der Waals surface area contributed by atoms with Crippen LogP contribution in [0, 0.1) is 0 Å². The lowest BCUT2D eigenvalue weighted by Crippen LogP contribution is -2.38. The average molecular weight is 236 g/mol. The molecule has 1 atom stereocenters. The van der Waals surface area contributed by atoms with Gasteiger partial charge >= 0.3 is 0 Å². The highest BCUT2D eigenvalue weighted by atomic mass is 16.5. The molecule has 2 heterocycles. The highest BCUT2D eigenvalue weighted by molar-refractivity contribution is 4.96. The maximum atomic E-state index is 6.03. The van der Waals surface area contributed by atoms with E-state index in [9.17, 15) is 0 Å². The Morgan fingerprint density at radius 3 is 3.00 bits per heavy atom. The molecule has 1 aliphatic carbocycles. The van der Waals surface area contributed by atoms with Crippen molar-refractivity contribution in [1.29, 1.82) is 0 Å². The zero-order valence-corrected chi connectivity index (χ0v) is 10.1. The largest absolute Gasteiger partial charge is 0.375 e. The van der Waals surface area contributed by atoms with Crippen molar-refractivity contribution < 1.29 is 4.74 Å². The van der Waals surface area contributed by atoms with Gasteiger partial charge in [-0.25, -0.2) is 4.68 Å². The molecule has 2 N–H and O–H groups in total. The van der Waals surface area contributed by atoms with E-state index in [4.69, 9.17) is 10.5 Å². The molecule has 1 saturated carbocycles. The van der Waals surface area contributed by atoms with E-state index in [2.05, 4.69) is 10.3 Å². The van der Waals surface area contributed by atoms with Crippen LogP contribution < -0.4 is 5.73 Å². The molecule has 2 fully saturated rings. The highest BCUT2D eigenvalue weighted by Gasteiger charge is 2.40. The topological polar surface area (TPSA) is 66.0 Å². The Morgan fingerprint density at radius 2 is 2.29 bits per heavy atom. The molecule has 0 bridgehead atoms. The minimum absolute atomic E-state index is 0.137. The van der Waals surface area contributed by atoms with Crippen LogP contribution in [0.1, 0.15) is 50.3 Å². The zero-order valence-electron chi connectivity index (χ0n) is 10.1. The van der Waals surface area contributed by atoms with Gasteiger partial charge in [-0.2, -0.15) is 0 Å². The van der Waals surface area contributed by atoms with Gasteiger partial charge in [0.05, 0.1) is 23.5 Å². The molecule has 1 aromatic heterocycles. The van der Waals surface area contributed by atoms with Crippen molar-refractivity contribution in [1.82, 2.24) is 15.0 Å². The monoisotopic (exact) mass is 236 g/mol. The summed E-state index contributed by atoms with van der Waals surface area (Å²) in [6, 6.07) is 0.439. The fourth-order valence-corrected chi connectivity index (χ4v) is 3.18. The van der Waals surface area contributed by atoms with E-state index in [0.29, 0.717) is 12.6 Å². The van der Waals surface area contributed by atoms with E-state index >= 15 is 0 Å². The molecule has 94 valence electrons. The SMILES string of the molecule is NCc1cn(C2CCOC3(CCCC3)C2)nn1. The third kappa shape index (κ3) is 2.09. The molecule has 5 heteroatoms. The summed E-state index contributed by atoms with van der Waals surface area (Å²) >= 11 is 0. The molecule has 1 saturated heterocycles. The maximum Gasteiger partial charge on any atom is 0.0962 e. The van der Waals surface area contributed by atoms with Crippen molar-refractivity contribution in [2.45, 2.75) is 56.7 Å². The Bertz CT molecular complexity index is 384. The van der Waals surface area contributed by atoms with Crippen LogP contribution in [0.25, 0.3) is 0 Å². The van der Waals surface area contributed by atoms with Gasteiger partial charge < -0.3 is 10.5 Å². The van der Waals surface area contributed by atoms with E-state index in [1.54, 1.807) is 0 Å². The van der Waals surface area contributed by atoms with Gasteiger partial charge in [-0.15, -0.1) is 5.10 Å². The summed E-state index contributed by atoms with van der Waals surface area (Å²) in [4.78, 5) is 0. The Hall–Kier alpha value is -0.940. The summed E-state index contributed by atoms with van der Waals surface area (Å²) in [6.07, 6.45) is 9.13. The molecule has 0 amide bonds. The van der Waals surface area contributed by atoms with E-state index in [0.717, 1.165) is 25.1 Å². The van der Waals surface area contributed by atoms with Gasteiger partial charge in [0.2, 0.25) is 0 Å². The van der Waals surface area contributed by atoms with Crippen LogP contribution in [0.5, 0.6) is 0 Å². The third-order valence-corrected chi connectivity index (χ3v) is 4.12. The first-order chi connectivity index (χ1) is 8.31. The molecule has 1 spiro atoms. The second-order valence-corrected chi connectivity index (χ2v) is 5.28. The minimum atomic E-state index is 0.137. The van der Waals surface area contributed by atoms with Gasteiger partial charge in [-0.3, -0.25) is 0 Å². The summed E-state index contributed by atoms with van der Waals surface area (Å²) < 4.78 is 8.02. The molecular formula is C12H20N4O. The fourth-order valence-electron chi connectivity index (χ4n) is 3.18. The number of rotatable bonds is 2. The first-order valence-electron chi connectivity index (χ1n) is 6.56. The van der Waals surface area contributed by atoms with E-state index in [-0.39, 0.29) is 5.60 Å². The lowest BCUT2D eigenvalue weighted by atomic mass is 9.89. The fraction of sp³-hybridized carbons (Fsp3) is 0.833. The number of hydrogen-bond acceptors (Lipinski definition) is 4. The van der Waals surface area contributed by atoms with Gasteiger partial charge in [0.25, 0.3) is 0 Å². The standard InChI is InChI=1S/C12H20N4O/c13-8-10-9-16(15-14-10)11-3-6-17-12(7-11)4-1-2-5-12/h9,11H,1-8,13H2. The smallest absolute Gasteiger partial charge is 0.0962 e.